The Morgan fingerprint density at radius 3 is 2.55 bits per heavy atom. The summed E-state index contributed by atoms with van der Waals surface area (Å²) in [5.74, 6) is -1.54. The number of hydrogen-bond acceptors (Lipinski definition) is 8. The second kappa shape index (κ2) is 8.54. The van der Waals surface area contributed by atoms with Crippen LogP contribution < -0.4 is 9.74 Å². The Labute approximate surface area is 179 Å². The van der Waals surface area contributed by atoms with Gasteiger partial charge in [0.15, 0.2) is 9.96 Å². The van der Waals surface area contributed by atoms with Crippen molar-refractivity contribution in [1.29, 1.82) is 0 Å². The number of carbonyl (C=O) groups is 1. The maximum atomic E-state index is 12.5. The van der Waals surface area contributed by atoms with Gasteiger partial charge in [0.2, 0.25) is 5.69 Å². The van der Waals surface area contributed by atoms with Gasteiger partial charge in [0.1, 0.15) is 0 Å². The van der Waals surface area contributed by atoms with Crippen molar-refractivity contribution in [2.24, 2.45) is 0 Å². The normalized spacial score (nSPS) is 11.3. The Morgan fingerprint density at radius 1 is 1.21 bits per heavy atom. The molecule has 0 radical (unpaired) electrons. The first-order valence-corrected chi connectivity index (χ1v) is 11.0. The molecule has 0 aliphatic heterocycles. The van der Waals surface area contributed by atoms with E-state index in [-0.39, 0.29) is 25.9 Å². The van der Waals surface area contributed by atoms with Gasteiger partial charge in [0.05, 0.1) is 27.7 Å². The highest BCUT2D eigenvalue weighted by Gasteiger charge is 2.26. The predicted molar refractivity (Wildman–Crippen MR) is 108 cm³/mol. The monoisotopic (exact) mass is 474 g/mol. The standard InChI is InChI=1S/C17H12Cl2N2O6S2/c1-2-26-17(23)16-12(27-29(24,25)15-8-7-13(19)28-15)9-14(22)21(20-16)11-6-4-3-5-10(11)18/h3-9H,2H2,1H3. The van der Waals surface area contributed by atoms with Crippen molar-refractivity contribution < 1.29 is 22.1 Å². The topological polar surface area (TPSA) is 105 Å². The molecule has 0 saturated carbocycles. The van der Waals surface area contributed by atoms with Crippen LogP contribution in [-0.2, 0) is 14.9 Å². The molecule has 3 aromatic rings. The first-order chi connectivity index (χ1) is 13.7. The van der Waals surface area contributed by atoms with Crippen molar-refractivity contribution in [3.05, 3.63) is 67.9 Å². The number of para-hydroxylation sites is 1. The molecule has 2 aromatic heterocycles. The number of aromatic nitrogens is 2. The summed E-state index contributed by atoms with van der Waals surface area (Å²) in [6, 6.07) is 9.76. The van der Waals surface area contributed by atoms with Crippen LogP contribution in [0.5, 0.6) is 5.75 Å². The summed E-state index contributed by atoms with van der Waals surface area (Å²) < 4.78 is 35.8. The van der Waals surface area contributed by atoms with E-state index in [1.807, 2.05) is 0 Å². The lowest BCUT2D eigenvalue weighted by molar-refractivity contribution is 0.0515. The first kappa shape index (κ1) is 21.3. The zero-order valence-corrected chi connectivity index (χ0v) is 17.8. The summed E-state index contributed by atoms with van der Waals surface area (Å²) in [5, 5.41) is 4.14. The van der Waals surface area contributed by atoms with E-state index in [0.29, 0.717) is 0 Å². The molecule has 1 aromatic carbocycles. The van der Waals surface area contributed by atoms with Crippen molar-refractivity contribution in [3.8, 4) is 11.4 Å². The van der Waals surface area contributed by atoms with Gasteiger partial charge in [-0.2, -0.15) is 18.2 Å². The van der Waals surface area contributed by atoms with Crippen LogP contribution in [0.15, 0.2) is 51.5 Å². The molecule has 0 aliphatic rings. The predicted octanol–water partition coefficient (Wildman–Crippen LogP) is 3.55. The molecular weight excluding hydrogens is 463 g/mol. The largest absolute Gasteiger partial charge is 0.461 e. The van der Waals surface area contributed by atoms with Gasteiger partial charge in [0, 0.05) is 0 Å². The number of benzene rings is 1. The van der Waals surface area contributed by atoms with Gasteiger partial charge >= 0.3 is 16.1 Å². The molecule has 3 rings (SSSR count). The minimum Gasteiger partial charge on any atom is -0.461 e. The van der Waals surface area contributed by atoms with E-state index < -0.39 is 33.1 Å². The molecular formula is C17H12Cl2N2O6S2. The van der Waals surface area contributed by atoms with Crippen LogP contribution in [-0.4, -0.2) is 30.8 Å². The maximum Gasteiger partial charge on any atom is 0.362 e. The van der Waals surface area contributed by atoms with Crippen LogP contribution in [0.1, 0.15) is 17.4 Å². The lowest BCUT2D eigenvalue weighted by Gasteiger charge is -2.12. The van der Waals surface area contributed by atoms with Gasteiger partial charge in [-0.25, -0.2) is 4.79 Å². The Balaban J connectivity index is 2.14. The van der Waals surface area contributed by atoms with E-state index >= 15 is 0 Å². The average Bonchev–Trinajstić information content (AvgIpc) is 3.10. The number of hydrogen-bond donors (Lipinski definition) is 0. The highest BCUT2D eigenvalue weighted by molar-refractivity contribution is 7.89. The number of ether oxygens (including phenoxy) is 1. The molecule has 12 heteroatoms. The quantitative estimate of drug-likeness (QED) is 0.397. The Morgan fingerprint density at radius 2 is 1.93 bits per heavy atom. The van der Waals surface area contributed by atoms with Gasteiger partial charge in [-0.1, -0.05) is 35.3 Å². The van der Waals surface area contributed by atoms with Gasteiger partial charge in [0.25, 0.3) is 5.56 Å². The number of carbonyl (C=O) groups excluding carboxylic acids is 1. The molecule has 0 atom stereocenters. The number of halogens is 2. The minimum absolute atomic E-state index is 0.00153. The smallest absolute Gasteiger partial charge is 0.362 e. The van der Waals surface area contributed by atoms with E-state index in [1.165, 1.54) is 24.3 Å². The molecule has 0 spiro atoms. The summed E-state index contributed by atoms with van der Waals surface area (Å²) in [6.45, 7) is 1.56. The third-order valence-electron chi connectivity index (χ3n) is 3.44. The lowest BCUT2D eigenvalue weighted by Crippen LogP contribution is -2.26. The SMILES string of the molecule is CCOC(=O)c1nn(-c2ccccc2Cl)c(=O)cc1OS(=O)(=O)c1ccc(Cl)s1. The average molecular weight is 475 g/mol. The lowest BCUT2D eigenvalue weighted by atomic mass is 10.3. The molecule has 0 bridgehead atoms. The summed E-state index contributed by atoms with van der Waals surface area (Å²) >= 11 is 12.6. The fraction of sp³-hybridized carbons (Fsp3) is 0.118. The minimum atomic E-state index is -4.35. The number of rotatable bonds is 6. The Bertz CT molecular complexity index is 1240. The molecule has 0 aliphatic carbocycles. The van der Waals surface area contributed by atoms with E-state index in [1.54, 1.807) is 19.1 Å². The molecule has 0 N–H and O–H groups in total. The Hall–Kier alpha value is -2.40. The highest BCUT2D eigenvalue weighted by Crippen LogP contribution is 2.29. The van der Waals surface area contributed by atoms with Crippen molar-refractivity contribution in [2.75, 3.05) is 6.61 Å². The van der Waals surface area contributed by atoms with Gasteiger partial charge in [-0.15, -0.1) is 11.3 Å². The van der Waals surface area contributed by atoms with Crippen molar-refractivity contribution in [2.45, 2.75) is 11.1 Å². The van der Waals surface area contributed by atoms with Crippen LogP contribution >= 0.6 is 34.5 Å². The summed E-state index contributed by atoms with van der Waals surface area (Å²) in [6.07, 6.45) is 0. The third kappa shape index (κ3) is 4.61. The molecule has 0 saturated heterocycles. The molecule has 0 unspecified atom stereocenters. The van der Waals surface area contributed by atoms with Gasteiger partial charge < -0.3 is 8.92 Å². The van der Waals surface area contributed by atoms with Crippen molar-refractivity contribution >= 4 is 50.6 Å². The maximum absolute atomic E-state index is 12.5. The molecule has 8 nitrogen and oxygen atoms in total. The van der Waals surface area contributed by atoms with Crippen LogP contribution in [0.4, 0.5) is 0 Å². The number of thiophene rings is 1. The van der Waals surface area contributed by atoms with E-state index in [0.717, 1.165) is 22.1 Å². The number of esters is 1. The van der Waals surface area contributed by atoms with E-state index in [9.17, 15) is 18.0 Å². The van der Waals surface area contributed by atoms with Gasteiger partial charge in [-0.05, 0) is 31.2 Å². The third-order valence-corrected chi connectivity index (χ3v) is 6.68. The van der Waals surface area contributed by atoms with E-state index in [4.69, 9.17) is 32.1 Å². The molecule has 0 fully saturated rings. The second-order valence-corrected chi connectivity index (χ2v) is 9.27. The first-order valence-electron chi connectivity index (χ1n) is 7.99. The second-order valence-electron chi connectivity index (χ2n) is 5.38. The summed E-state index contributed by atoms with van der Waals surface area (Å²) in [4.78, 5) is 24.9. The molecule has 2 heterocycles. The van der Waals surface area contributed by atoms with Crippen LogP contribution in [0, 0.1) is 0 Å². The highest BCUT2D eigenvalue weighted by atomic mass is 35.5. The Kier molecular flexibility index (Phi) is 6.27. The number of nitrogens with zero attached hydrogens (tertiary/aromatic N) is 2. The molecule has 0 amide bonds. The van der Waals surface area contributed by atoms with Crippen LogP contribution in [0.2, 0.25) is 9.36 Å². The van der Waals surface area contributed by atoms with Crippen molar-refractivity contribution in [3.63, 3.8) is 0 Å². The summed E-state index contributed by atoms with van der Waals surface area (Å²) in [5.41, 5.74) is -1.07. The zero-order chi connectivity index (χ0) is 21.2. The van der Waals surface area contributed by atoms with Crippen LogP contribution in [0.3, 0.4) is 0 Å². The van der Waals surface area contributed by atoms with Gasteiger partial charge in [-0.3, -0.25) is 4.79 Å². The van der Waals surface area contributed by atoms with E-state index in [2.05, 4.69) is 5.10 Å². The molecule has 29 heavy (non-hydrogen) atoms. The zero-order valence-electron chi connectivity index (χ0n) is 14.7. The fourth-order valence-corrected chi connectivity index (χ4v) is 4.82. The summed E-state index contributed by atoms with van der Waals surface area (Å²) in [7, 11) is -4.35. The van der Waals surface area contributed by atoms with Crippen LogP contribution in [0.25, 0.3) is 5.69 Å². The fourth-order valence-electron chi connectivity index (χ4n) is 2.23. The molecule has 152 valence electrons. The van der Waals surface area contributed by atoms with Crippen molar-refractivity contribution in [1.82, 2.24) is 9.78 Å².